The smallest absolute Gasteiger partial charge is 0.267 e. The Bertz CT molecular complexity index is 1060. The summed E-state index contributed by atoms with van der Waals surface area (Å²) < 4.78 is 1.80. The van der Waals surface area contributed by atoms with E-state index >= 15 is 0 Å². The Morgan fingerprint density at radius 2 is 1.67 bits per heavy atom. The van der Waals surface area contributed by atoms with Gasteiger partial charge in [-0.3, -0.25) is 14.6 Å². The Balaban J connectivity index is 1.36. The van der Waals surface area contributed by atoms with Crippen molar-refractivity contribution in [3.05, 3.63) is 78.6 Å². The van der Waals surface area contributed by atoms with Crippen LogP contribution in [-0.2, 0) is 16.0 Å². The molecule has 0 fully saturated rings. The first-order valence-corrected chi connectivity index (χ1v) is 9.71. The molecule has 3 N–H and O–H groups in total. The van der Waals surface area contributed by atoms with Gasteiger partial charge in [0.2, 0.25) is 5.91 Å². The number of primary amides is 1. The number of nitrogens with two attached hydrogens (primary N) is 1. The van der Waals surface area contributed by atoms with Crippen LogP contribution in [0.2, 0.25) is 0 Å². The van der Waals surface area contributed by atoms with Crippen LogP contribution in [0, 0.1) is 0 Å². The van der Waals surface area contributed by atoms with Crippen molar-refractivity contribution in [2.24, 2.45) is 10.8 Å². The minimum Gasteiger partial charge on any atom is -0.368 e. The van der Waals surface area contributed by atoms with Gasteiger partial charge >= 0.3 is 0 Å². The molecule has 0 spiro atoms. The highest BCUT2D eigenvalue weighted by atomic mass is 16.2. The van der Waals surface area contributed by atoms with E-state index in [0.29, 0.717) is 13.0 Å². The van der Waals surface area contributed by atoms with Gasteiger partial charge in [-0.15, -0.1) is 0 Å². The predicted octanol–water partition coefficient (Wildman–Crippen LogP) is 1.65. The van der Waals surface area contributed by atoms with Crippen LogP contribution in [0.3, 0.4) is 0 Å². The third-order valence-electron chi connectivity index (χ3n) is 4.85. The van der Waals surface area contributed by atoms with E-state index < -0.39 is 11.9 Å². The van der Waals surface area contributed by atoms with Crippen LogP contribution in [0.15, 0.2) is 78.0 Å². The molecule has 8 nitrogen and oxygen atoms in total. The number of carbonyl (C=O) groups is 2. The second-order valence-electron chi connectivity index (χ2n) is 6.94. The SMILES string of the molecule is NC(=O)C1CC(C(=O)NCCc2ccn(-c3ccccc3)n2)=NN1c1ccccc1. The summed E-state index contributed by atoms with van der Waals surface area (Å²) >= 11 is 0. The predicted molar refractivity (Wildman–Crippen MR) is 114 cm³/mol. The minimum atomic E-state index is -0.672. The van der Waals surface area contributed by atoms with Crippen LogP contribution in [0.25, 0.3) is 5.69 Å². The Labute approximate surface area is 174 Å². The second kappa shape index (κ2) is 8.60. The molecule has 152 valence electrons. The van der Waals surface area contributed by atoms with Crippen molar-refractivity contribution in [3.8, 4) is 5.69 Å². The lowest BCUT2D eigenvalue weighted by Crippen LogP contribution is -2.40. The Morgan fingerprint density at radius 3 is 2.33 bits per heavy atom. The van der Waals surface area contributed by atoms with Gasteiger partial charge in [0.1, 0.15) is 11.8 Å². The van der Waals surface area contributed by atoms with Gasteiger partial charge in [-0.05, 0) is 30.3 Å². The van der Waals surface area contributed by atoms with Gasteiger partial charge in [0, 0.05) is 25.6 Å². The molecular weight excluding hydrogens is 380 g/mol. The van der Waals surface area contributed by atoms with Crippen LogP contribution < -0.4 is 16.1 Å². The van der Waals surface area contributed by atoms with Gasteiger partial charge in [-0.1, -0.05) is 36.4 Å². The summed E-state index contributed by atoms with van der Waals surface area (Å²) in [5, 5.41) is 13.2. The molecular formula is C22H22N6O2. The molecule has 2 aromatic carbocycles. The van der Waals surface area contributed by atoms with Crippen molar-refractivity contribution in [2.45, 2.75) is 18.9 Å². The van der Waals surface area contributed by atoms with E-state index in [1.165, 1.54) is 5.01 Å². The molecule has 0 bridgehead atoms. The summed E-state index contributed by atoms with van der Waals surface area (Å²) in [4.78, 5) is 24.4. The summed E-state index contributed by atoms with van der Waals surface area (Å²) in [7, 11) is 0. The van der Waals surface area contributed by atoms with E-state index in [4.69, 9.17) is 5.73 Å². The molecule has 8 heteroatoms. The van der Waals surface area contributed by atoms with Crippen LogP contribution in [0.1, 0.15) is 12.1 Å². The lowest BCUT2D eigenvalue weighted by Gasteiger charge is -2.20. The number of hydrogen-bond acceptors (Lipinski definition) is 5. The molecule has 0 radical (unpaired) electrons. The molecule has 1 unspecified atom stereocenters. The summed E-state index contributed by atoms with van der Waals surface area (Å²) in [6.45, 7) is 0.413. The van der Waals surface area contributed by atoms with Gasteiger partial charge in [0.25, 0.3) is 5.91 Å². The number of nitrogens with one attached hydrogen (secondary N) is 1. The molecule has 1 aliphatic heterocycles. The van der Waals surface area contributed by atoms with Crippen molar-refractivity contribution in [3.63, 3.8) is 0 Å². The zero-order chi connectivity index (χ0) is 20.9. The highest BCUT2D eigenvalue weighted by Crippen LogP contribution is 2.24. The summed E-state index contributed by atoms with van der Waals surface area (Å²) in [6, 6.07) is 20.3. The number of hydrazone groups is 1. The fraction of sp³-hybridized carbons (Fsp3) is 0.182. The van der Waals surface area contributed by atoms with Crippen molar-refractivity contribution in [1.82, 2.24) is 15.1 Å². The molecule has 0 saturated heterocycles. The van der Waals surface area contributed by atoms with Gasteiger partial charge in [-0.2, -0.15) is 10.2 Å². The average Bonchev–Trinajstić information content (AvgIpc) is 3.43. The maximum Gasteiger partial charge on any atom is 0.267 e. The first-order valence-electron chi connectivity index (χ1n) is 9.71. The number of amides is 2. The zero-order valence-corrected chi connectivity index (χ0v) is 16.3. The van der Waals surface area contributed by atoms with E-state index in [2.05, 4.69) is 15.5 Å². The fourth-order valence-electron chi connectivity index (χ4n) is 3.31. The second-order valence-corrected chi connectivity index (χ2v) is 6.94. The number of anilines is 1. The number of benzene rings is 2. The Hall–Kier alpha value is -3.94. The van der Waals surface area contributed by atoms with Gasteiger partial charge in [0.15, 0.2) is 0 Å². The lowest BCUT2D eigenvalue weighted by atomic mass is 10.1. The van der Waals surface area contributed by atoms with Crippen molar-refractivity contribution < 1.29 is 9.59 Å². The largest absolute Gasteiger partial charge is 0.368 e. The molecule has 2 amide bonds. The van der Waals surface area contributed by atoms with E-state index in [1.807, 2.05) is 72.9 Å². The molecule has 3 aromatic rings. The quantitative estimate of drug-likeness (QED) is 0.627. The minimum absolute atomic E-state index is 0.179. The average molecular weight is 402 g/mol. The molecule has 30 heavy (non-hydrogen) atoms. The van der Waals surface area contributed by atoms with Gasteiger partial charge in [-0.25, -0.2) is 4.68 Å². The molecule has 1 atom stereocenters. The topological polar surface area (TPSA) is 106 Å². The zero-order valence-electron chi connectivity index (χ0n) is 16.3. The van der Waals surface area contributed by atoms with Gasteiger partial charge < -0.3 is 11.1 Å². The maximum atomic E-state index is 12.6. The van der Waals surface area contributed by atoms with Crippen molar-refractivity contribution in [2.75, 3.05) is 11.6 Å². The number of rotatable bonds is 7. The number of hydrogen-bond donors (Lipinski definition) is 2. The summed E-state index contributed by atoms with van der Waals surface area (Å²) in [5.41, 5.74) is 8.37. The normalized spacial score (nSPS) is 15.7. The van der Waals surface area contributed by atoms with Crippen LogP contribution >= 0.6 is 0 Å². The Morgan fingerprint density at radius 1 is 1.00 bits per heavy atom. The highest BCUT2D eigenvalue weighted by Gasteiger charge is 2.34. The van der Waals surface area contributed by atoms with Crippen molar-refractivity contribution in [1.29, 1.82) is 0 Å². The van der Waals surface area contributed by atoms with Crippen LogP contribution in [-0.4, -0.2) is 39.9 Å². The monoisotopic (exact) mass is 402 g/mol. The molecule has 1 aromatic heterocycles. The first kappa shape index (κ1) is 19.4. The van der Waals surface area contributed by atoms with Crippen molar-refractivity contribution >= 4 is 23.2 Å². The third-order valence-corrected chi connectivity index (χ3v) is 4.85. The molecule has 2 heterocycles. The molecule has 0 saturated carbocycles. The maximum absolute atomic E-state index is 12.6. The number of aromatic nitrogens is 2. The van der Waals surface area contributed by atoms with E-state index in [9.17, 15) is 9.59 Å². The molecule has 4 rings (SSSR count). The number of carbonyl (C=O) groups excluding carboxylic acids is 2. The van der Waals surface area contributed by atoms with Gasteiger partial charge in [0.05, 0.1) is 17.1 Å². The number of nitrogens with zero attached hydrogens (tertiary/aromatic N) is 4. The standard InChI is InChI=1S/C22H22N6O2/c23-21(29)20-15-19(26-28(20)18-9-5-2-6-10-18)22(30)24-13-11-16-12-14-27(25-16)17-7-3-1-4-8-17/h1-10,12,14,20H,11,13,15H2,(H2,23,29)(H,24,30). The Kier molecular flexibility index (Phi) is 5.56. The first-order chi connectivity index (χ1) is 14.6. The molecule has 1 aliphatic rings. The summed E-state index contributed by atoms with van der Waals surface area (Å²) in [6.07, 6.45) is 2.65. The fourth-order valence-corrected chi connectivity index (χ4v) is 3.31. The van der Waals surface area contributed by atoms with Crippen LogP contribution in [0.4, 0.5) is 5.69 Å². The lowest BCUT2D eigenvalue weighted by molar-refractivity contribution is -0.119. The van der Waals surface area contributed by atoms with E-state index in [0.717, 1.165) is 17.1 Å². The van der Waals surface area contributed by atoms with E-state index in [1.54, 1.807) is 4.68 Å². The summed E-state index contributed by atoms with van der Waals surface area (Å²) in [5.74, 6) is -0.820. The molecule has 0 aliphatic carbocycles. The van der Waals surface area contributed by atoms with E-state index in [-0.39, 0.29) is 18.0 Å². The third kappa shape index (κ3) is 4.22. The highest BCUT2D eigenvalue weighted by molar-refractivity contribution is 6.40. The van der Waals surface area contributed by atoms with Crippen LogP contribution in [0.5, 0.6) is 0 Å². The number of para-hydroxylation sites is 2.